The lowest BCUT2D eigenvalue weighted by Gasteiger charge is -2.40. The van der Waals surface area contributed by atoms with Gasteiger partial charge in [0.1, 0.15) is 0 Å². The maximum absolute atomic E-state index is 12.9. The number of nitrogens with one attached hydrogen (secondary N) is 1. The Hall–Kier alpha value is -1.33. The van der Waals surface area contributed by atoms with Gasteiger partial charge in [0.2, 0.25) is 5.91 Å². The maximum atomic E-state index is 12.9. The van der Waals surface area contributed by atoms with E-state index in [1.807, 2.05) is 0 Å². The third kappa shape index (κ3) is 8.35. The molecule has 4 nitrogen and oxygen atoms in total. The highest BCUT2D eigenvalue weighted by atomic mass is 35.5. The molecule has 1 unspecified atom stereocenters. The Morgan fingerprint density at radius 1 is 1.00 bits per heavy atom. The largest absolute Gasteiger partial charge is 0.354 e. The predicted molar refractivity (Wildman–Crippen MR) is 155 cm³/mol. The van der Waals surface area contributed by atoms with E-state index in [0.717, 1.165) is 32.5 Å². The van der Waals surface area contributed by atoms with Crippen molar-refractivity contribution in [3.05, 3.63) is 48.0 Å². The number of nitrogens with zero attached hydrogens (tertiary/aromatic N) is 2. The van der Waals surface area contributed by atoms with Crippen molar-refractivity contribution in [2.45, 2.75) is 65.2 Å². The van der Waals surface area contributed by atoms with Gasteiger partial charge in [-0.25, -0.2) is 0 Å². The molecule has 0 aromatic heterocycles. The summed E-state index contributed by atoms with van der Waals surface area (Å²) in [6.45, 7) is 15.5. The van der Waals surface area contributed by atoms with E-state index in [1.54, 1.807) is 0 Å². The van der Waals surface area contributed by atoms with Gasteiger partial charge >= 0.3 is 0 Å². The van der Waals surface area contributed by atoms with Gasteiger partial charge in [-0.05, 0) is 80.7 Å². The fourth-order valence-electron chi connectivity index (χ4n) is 5.55. The number of carbonyl (C=O) groups excluding carboxylic acids is 1. The van der Waals surface area contributed by atoms with E-state index in [0.29, 0.717) is 19.0 Å². The zero-order chi connectivity index (χ0) is 23.7. The number of amides is 1. The van der Waals surface area contributed by atoms with Crippen molar-refractivity contribution in [3.8, 4) is 0 Å². The molecule has 0 aliphatic carbocycles. The van der Waals surface area contributed by atoms with Gasteiger partial charge in [0, 0.05) is 12.0 Å². The second-order valence-electron chi connectivity index (χ2n) is 10.1. The van der Waals surface area contributed by atoms with Crippen LogP contribution in [0.5, 0.6) is 0 Å². The zero-order valence-electron chi connectivity index (χ0n) is 22.2. The minimum Gasteiger partial charge on any atom is -0.354 e. The molecule has 1 N–H and O–H groups in total. The van der Waals surface area contributed by atoms with Crippen LogP contribution in [-0.2, 0) is 10.2 Å². The van der Waals surface area contributed by atoms with Gasteiger partial charge in [-0.2, -0.15) is 0 Å². The molecule has 0 saturated carbocycles. The number of halogens is 2. The Bertz CT molecular complexity index is 876. The van der Waals surface area contributed by atoms with Crippen molar-refractivity contribution < 1.29 is 4.79 Å². The normalized spacial score (nSPS) is 15.9. The highest BCUT2D eigenvalue weighted by Crippen LogP contribution is 2.40. The van der Waals surface area contributed by atoms with Crippen LogP contribution < -0.4 is 5.32 Å². The number of benzene rings is 2. The topological polar surface area (TPSA) is 35.6 Å². The lowest BCUT2D eigenvalue weighted by atomic mass is 9.67. The number of carbonyl (C=O) groups is 1. The third-order valence-corrected chi connectivity index (χ3v) is 7.84. The number of fused-ring (bicyclic) bond motifs is 1. The number of likely N-dealkylation sites (N-methyl/N-ethyl adjacent to an activating group) is 1. The first kappa shape index (κ1) is 31.7. The summed E-state index contributed by atoms with van der Waals surface area (Å²) in [5.74, 6) is 0.554. The van der Waals surface area contributed by atoms with Gasteiger partial charge in [0.15, 0.2) is 0 Å². The molecule has 1 amide bonds. The number of likely N-dealkylation sites (tertiary alicyclic amines) is 1. The summed E-state index contributed by atoms with van der Waals surface area (Å²) in [4.78, 5) is 17.7. The van der Waals surface area contributed by atoms with Gasteiger partial charge in [-0.1, -0.05) is 76.6 Å². The smallest absolute Gasteiger partial charge is 0.234 e. The molecule has 2 aromatic carbocycles. The standard InChI is InChI=1S/C29H45N3O.2ClH/c1-5-31(6-2)22-28(33)30-23-29(24(3)4,18-13-21-32-19-10-7-11-20-32)27-17-12-15-25-14-8-9-16-26(25)27;;/h8-9,12,14-17,24H,5-7,10-11,13,18-23H2,1-4H3,(H,30,33);2*1H. The Balaban J connectivity index is 0.00000306. The molecular weight excluding hydrogens is 477 g/mol. The average Bonchev–Trinajstić information content (AvgIpc) is 2.85. The van der Waals surface area contributed by atoms with Gasteiger partial charge in [0.05, 0.1) is 6.54 Å². The van der Waals surface area contributed by atoms with Crippen molar-refractivity contribution in [1.29, 1.82) is 0 Å². The van der Waals surface area contributed by atoms with Crippen LogP contribution in [-0.4, -0.2) is 61.5 Å². The molecule has 35 heavy (non-hydrogen) atoms. The van der Waals surface area contributed by atoms with E-state index >= 15 is 0 Å². The number of hydrogen-bond acceptors (Lipinski definition) is 3. The number of rotatable bonds is 12. The SMILES string of the molecule is CCN(CC)CC(=O)NCC(CCCN1CCCCC1)(c1cccc2ccccc12)C(C)C.Cl.Cl. The molecule has 1 aliphatic rings. The molecular formula is C29H47Cl2N3O. The maximum Gasteiger partial charge on any atom is 0.234 e. The van der Waals surface area contributed by atoms with E-state index in [-0.39, 0.29) is 36.1 Å². The van der Waals surface area contributed by atoms with Crippen LogP contribution in [0.3, 0.4) is 0 Å². The summed E-state index contributed by atoms with van der Waals surface area (Å²) in [5.41, 5.74) is 1.30. The highest BCUT2D eigenvalue weighted by Gasteiger charge is 2.37. The molecule has 0 spiro atoms. The van der Waals surface area contributed by atoms with Gasteiger partial charge in [0.25, 0.3) is 0 Å². The molecule has 6 heteroatoms. The first-order chi connectivity index (χ1) is 16.0. The summed E-state index contributed by atoms with van der Waals surface area (Å²) in [6.07, 6.45) is 6.29. The molecule has 1 heterocycles. The Kier molecular flexibility index (Phi) is 14.2. The van der Waals surface area contributed by atoms with Crippen LogP contribution in [0.1, 0.15) is 65.4 Å². The molecule has 2 aromatic rings. The average molecular weight is 525 g/mol. The molecule has 1 saturated heterocycles. The van der Waals surface area contributed by atoms with Crippen LogP contribution in [0.25, 0.3) is 10.8 Å². The van der Waals surface area contributed by atoms with E-state index in [4.69, 9.17) is 0 Å². The summed E-state index contributed by atoms with van der Waals surface area (Å²) < 4.78 is 0. The van der Waals surface area contributed by atoms with Crippen molar-refractivity contribution in [3.63, 3.8) is 0 Å². The Labute approximate surface area is 226 Å². The Morgan fingerprint density at radius 3 is 2.31 bits per heavy atom. The molecule has 0 bridgehead atoms. The van der Waals surface area contributed by atoms with Crippen molar-refractivity contribution in [2.75, 3.05) is 45.8 Å². The molecule has 3 rings (SSSR count). The fraction of sp³-hybridized carbons (Fsp3) is 0.621. The first-order valence-electron chi connectivity index (χ1n) is 13.2. The lowest BCUT2D eigenvalue weighted by Crippen LogP contribution is -2.47. The summed E-state index contributed by atoms with van der Waals surface area (Å²) in [5, 5.41) is 5.97. The summed E-state index contributed by atoms with van der Waals surface area (Å²) in [7, 11) is 0. The monoisotopic (exact) mass is 523 g/mol. The molecule has 1 aliphatic heterocycles. The minimum atomic E-state index is -0.0877. The summed E-state index contributed by atoms with van der Waals surface area (Å²) >= 11 is 0. The molecule has 1 atom stereocenters. The van der Waals surface area contributed by atoms with E-state index in [9.17, 15) is 4.79 Å². The van der Waals surface area contributed by atoms with E-state index in [1.165, 1.54) is 48.7 Å². The van der Waals surface area contributed by atoms with E-state index < -0.39 is 0 Å². The molecule has 0 radical (unpaired) electrons. The lowest BCUT2D eigenvalue weighted by molar-refractivity contribution is -0.122. The quantitative estimate of drug-likeness (QED) is 0.354. The number of piperidine rings is 1. The minimum absolute atomic E-state index is 0. The van der Waals surface area contributed by atoms with Gasteiger partial charge in [-0.15, -0.1) is 24.8 Å². The van der Waals surface area contributed by atoms with Crippen molar-refractivity contribution in [2.24, 2.45) is 5.92 Å². The third-order valence-electron chi connectivity index (χ3n) is 7.84. The van der Waals surface area contributed by atoms with Crippen molar-refractivity contribution in [1.82, 2.24) is 15.1 Å². The van der Waals surface area contributed by atoms with E-state index in [2.05, 4.69) is 85.3 Å². The second kappa shape index (κ2) is 15.7. The highest BCUT2D eigenvalue weighted by molar-refractivity contribution is 5.87. The first-order valence-corrected chi connectivity index (χ1v) is 13.2. The van der Waals surface area contributed by atoms with Gasteiger partial charge in [-0.3, -0.25) is 9.69 Å². The van der Waals surface area contributed by atoms with Crippen LogP contribution in [0.2, 0.25) is 0 Å². The Morgan fingerprint density at radius 2 is 1.66 bits per heavy atom. The van der Waals surface area contributed by atoms with Crippen LogP contribution in [0.15, 0.2) is 42.5 Å². The van der Waals surface area contributed by atoms with Gasteiger partial charge < -0.3 is 10.2 Å². The fourth-order valence-corrected chi connectivity index (χ4v) is 5.55. The van der Waals surface area contributed by atoms with Crippen LogP contribution in [0.4, 0.5) is 0 Å². The van der Waals surface area contributed by atoms with Crippen LogP contribution >= 0.6 is 24.8 Å². The number of hydrogen-bond donors (Lipinski definition) is 1. The molecule has 198 valence electrons. The predicted octanol–water partition coefficient (Wildman–Crippen LogP) is 6.30. The van der Waals surface area contributed by atoms with Crippen molar-refractivity contribution >= 4 is 41.5 Å². The zero-order valence-corrected chi connectivity index (χ0v) is 23.9. The molecule has 1 fully saturated rings. The summed E-state index contributed by atoms with van der Waals surface area (Å²) in [6, 6.07) is 15.4. The van der Waals surface area contributed by atoms with Crippen LogP contribution in [0, 0.1) is 5.92 Å². The second-order valence-corrected chi connectivity index (χ2v) is 10.1.